The molecule has 0 aromatic rings. The highest BCUT2D eigenvalue weighted by molar-refractivity contribution is 5.42. The van der Waals surface area contributed by atoms with E-state index in [9.17, 15) is 0 Å². The zero-order valence-electron chi connectivity index (χ0n) is 12.8. The van der Waals surface area contributed by atoms with Gasteiger partial charge in [0.25, 0.3) is 0 Å². The van der Waals surface area contributed by atoms with E-state index in [1.807, 2.05) is 5.57 Å². The summed E-state index contributed by atoms with van der Waals surface area (Å²) in [6.45, 7) is 2.51. The molecule has 0 amide bonds. The monoisotopic (exact) mass is 272 g/mol. The van der Waals surface area contributed by atoms with Gasteiger partial charge in [-0.2, -0.15) is 0 Å². The van der Waals surface area contributed by atoms with Gasteiger partial charge in [0.1, 0.15) is 0 Å². The summed E-state index contributed by atoms with van der Waals surface area (Å²) in [7, 11) is 2.30. The second-order valence-electron chi connectivity index (χ2n) is 7.39. The van der Waals surface area contributed by atoms with Crippen LogP contribution in [0.4, 0.5) is 0 Å². The molecule has 1 saturated heterocycles. The fourth-order valence-corrected chi connectivity index (χ4v) is 4.60. The molecule has 2 nitrogen and oxygen atoms in total. The second-order valence-corrected chi connectivity index (χ2v) is 7.39. The van der Waals surface area contributed by atoms with Crippen molar-refractivity contribution in [2.75, 3.05) is 20.1 Å². The number of fused-ring (bicyclic) bond motifs is 2. The number of piperidine rings is 1. The van der Waals surface area contributed by atoms with E-state index in [-0.39, 0.29) is 0 Å². The Labute approximate surface area is 123 Å². The summed E-state index contributed by atoms with van der Waals surface area (Å²) in [6, 6.07) is 1.56. The van der Waals surface area contributed by atoms with Crippen LogP contribution in [0.15, 0.2) is 23.3 Å². The van der Waals surface area contributed by atoms with E-state index in [2.05, 4.69) is 29.4 Å². The topological polar surface area (TPSA) is 15.3 Å². The summed E-state index contributed by atoms with van der Waals surface area (Å²) >= 11 is 0. The fourth-order valence-electron chi connectivity index (χ4n) is 4.60. The van der Waals surface area contributed by atoms with Crippen LogP contribution in [0.1, 0.15) is 44.9 Å². The lowest BCUT2D eigenvalue weighted by Gasteiger charge is -2.32. The molecule has 2 heteroatoms. The summed E-state index contributed by atoms with van der Waals surface area (Å²) in [5.41, 5.74) is 3.49. The van der Waals surface area contributed by atoms with Crippen molar-refractivity contribution in [1.82, 2.24) is 10.2 Å². The SMILES string of the molecule is CN1CCCCC1CCNC1CC2=C(C1)C1CC1C=C2. The zero-order valence-corrected chi connectivity index (χ0v) is 12.8. The van der Waals surface area contributed by atoms with Crippen LogP contribution in [0.2, 0.25) is 0 Å². The molecular weight excluding hydrogens is 244 g/mol. The number of allylic oxidation sites excluding steroid dienone is 2. The van der Waals surface area contributed by atoms with Crippen LogP contribution < -0.4 is 5.32 Å². The third-order valence-electron chi connectivity index (χ3n) is 6.01. The maximum Gasteiger partial charge on any atom is 0.0145 e. The maximum atomic E-state index is 3.84. The largest absolute Gasteiger partial charge is 0.313 e. The first kappa shape index (κ1) is 13.1. The van der Waals surface area contributed by atoms with Gasteiger partial charge in [-0.1, -0.05) is 24.1 Å². The van der Waals surface area contributed by atoms with Gasteiger partial charge in [-0.25, -0.2) is 0 Å². The van der Waals surface area contributed by atoms with Gasteiger partial charge in [-0.05, 0) is 76.1 Å². The van der Waals surface area contributed by atoms with Gasteiger partial charge in [-0.15, -0.1) is 0 Å². The average Bonchev–Trinajstić information content (AvgIpc) is 3.13. The molecule has 1 aliphatic heterocycles. The van der Waals surface area contributed by atoms with E-state index in [1.54, 1.807) is 5.57 Å². The van der Waals surface area contributed by atoms with Gasteiger partial charge in [0.2, 0.25) is 0 Å². The standard InChI is InChI=1S/C18H28N2/c1-20-9-3-2-4-16(20)7-8-19-15-10-13-5-6-14-11-17(14)18(13)12-15/h5-6,14-17,19H,2-4,7-12H2,1H3. The Morgan fingerprint density at radius 1 is 1.30 bits per heavy atom. The number of likely N-dealkylation sites (tertiary alicyclic amines) is 1. The van der Waals surface area contributed by atoms with Gasteiger partial charge in [0.15, 0.2) is 0 Å². The minimum absolute atomic E-state index is 0.734. The lowest BCUT2D eigenvalue weighted by molar-refractivity contribution is 0.174. The lowest BCUT2D eigenvalue weighted by Crippen LogP contribution is -2.39. The van der Waals surface area contributed by atoms with Crippen LogP contribution in [0.3, 0.4) is 0 Å². The minimum atomic E-state index is 0.734. The Morgan fingerprint density at radius 2 is 2.25 bits per heavy atom. The van der Waals surface area contributed by atoms with Crippen molar-refractivity contribution in [1.29, 1.82) is 0 Å². The Hall–Kier alpha value is -0.600. The number of rotatable bonds is 4. The summed E-state index contributed by atoms with van der Waals surface area (Å²) in [5, 5.41) is 3.84. The summed E-state index contributed by atoms with van der Waals surface area (Å²) in [6.07, 6.45) is 14.5. The molecule has 4 aliphatic rings. The highest BCUT2D eigenvalue weighted by Gasteiger charge is 2.43. The molecule has 3 aliphatic carbocycles. The number of nitrogens with one attached hydrogen (secondary N) is 1. The molecule has 0 radical (unpaired) electrons. The van der Waals surface area contributed by atoms with E-state index in [4.69, 9.17) is 0 Å². The van der Waals surface area contributed by atoms with Crippen LogP contribution in [-0.2, 0) is 0 Å². The highest BCUT2D eigenvalue weighted by Crippen LogP contribution is 2.53. The average molecular weight is 272 g/mol. The molecule has 110 valence electrons. The molecule has 1 heterocycles. The Balaban J connectivity index is 1.23. The van der Waals surface area contributed by atoms with Gasteiger partial charge in [0.05, 0.1) is 0 Å². The molecule has 4 unspecified atom stereocenters. The van der Waals surface area contributed by atoms with Gasteiger partial charge >= 0.3 is 0 Å². The molecule has 1 saturated carbocycles. The third kappa shape index (κ3) is 2.48. The van der Waals surface area contributed by atoms with Crippen LogP contribution >= 0.6 is 0 Å². The Morgan fingerprint density at radius 3 is 3.15 bits per heavy atom. The van der Waals surface area contributed by atoms with E-state index < -0.39 is 0 Å². The first-order chi connectivity index (χ1) is 9.81. The van der Waals surface area contributed by atoms with E-state index in [1.165, 1.54) is 58.0 Å². The van der Waals surface area contributed by atoms with Gasteiger partial charge in [-0.3, -0.25) is 0 Å². The number of hydrogen-bond donors (Lipinski definition) is 1. The summed E-state index contributed by atoms with van der Waals surface area (Å²) in [4.78, 5) is 2.57. The first-order valence-electron chi connectivity index (χ1n) is 8.65. The predicted molar refractivity (Wildman–Crippen MR) is 83.7 cm³/mol. The van der Waals surface area contributed by atoms with Crippen LogP contribution in [-0.4, -0.2) is 37.1 Å². The third-order valence-corrected chi connectivity index (χ3v) is 6.01. The lowest BCUT2D eigenvalue weighted by atomic mass is 10.00. The quantitative estimate of drug-likeness (QED) is 0.846. The van der Waals surface area contributed by atoms with Crippen molar-refractivity contribution in [2.24, 2.45) is 11.8 Å². The minimum Gasteiger partial charge on any atom is -0.313 e. The molecule has 0 aromatic carbocycles. The van der Waals surface area contributed by atoms with E-state index >= 15 is 0 Å². The van der Waals surface area contributed by atoms with Crippen molar-refractivity contribution >= 4 is 0 Å². The highest BCUT2D eigenvalue weighted by atomic mass is 15.1. The van der Waals surface area contributed by atoms with Gasteiger partial charge in [0, 0.05) is 12.1 Å². The fraction of sp³-hybridized carbons (Fsp3) is 0.778. The van der Waals surface area contributed by atoms with Crippen molar-refractivity contribution in [3.05, 3.63) is 23.3 Å². The molecule has 0 aromatic heterocycles. The molecule has 20 heavy (non-hydrogen) atoms. The molecular formula is C18H28N2. The second kappa shape index (κ2) is 5.31. The Bertz CT molecular complexity index is 437. The molecule has 0 bridgehead atoms. The maximum absolute atomic E-state index is 3.84. The Kier molecular flexibility index (Phi) is 3.47. The summed E-state index contributed by atoms with van der Waals surface area (Å²) < 4.78 is 0. The molecule has 0 spiro atoms. The molecule has 2 fully saturated rings. The summed E-state index contributed by atoms with van der Waals surface area (Å²) in [5.74, 6) is 1.87. The zero-order chi connectivity index (χ0) is 13.5. The van der Waals surface area contributed by atoms with Crippen molar-refractivity contribution in [2.45, 2.75) is 57.0 Å². The first-order valence-corrected chi connectivity index (χ1v) is 8.65. The van der Waals surface area contributed by atoms with E-state index in [0.717, 1.165) is 23.9 Å². The van der Waals surface area contributed by atoms with Crippen molar-refractivity contribution in [3.63, 3.8) is 0 Å². The van der Waals surface area contributed by atoms with Crippen LogP contribution in [0.5, 0.6) is 0 Å². The van der Waals surface area contributed by atoms with Crippen molar-refractivity contribution in [3.8, 4) is 0 Å². The number of nitrogens with zero attached hydrogens (tertiary/aromatic N) is 1. The van der Waals surface area contributed by atoms with Crippen LogP contribution in [0, 0.1) is 11.8 Å². The smallest absolute Gasteiger partial charge is 0.0145 e. The molecule has 4 atom stereocenters. The molecule has 4 rings (SSSR count). The normalized spacial score (nSPS) is 39.9. The predicted octanol–water partition coefficient (Wildman–Crippen LogP) is 3.12. The number of hydrogen-bond acceptors (Lipinski definition) is 2. The van der Waals surface area contributed by atoms with Crippen LogP contribution in [0.25, 0.3) is 0 Å². The van der Waals surface area contributed by atoms with Gasteiger partial charge < -0.3 is 10.2 Å². The van der Waals surface area contributed by atoms with Crippen molar-refractivity contribution < 1.29 is 0 Å². The molecule has 1 N–H and O–H groups in total. The van der Waals surface area contributed by atoms with E-state index in [0.29, 0.717) is 0 Å².